The van der Waals surface area contributed by atoms with Gasteiger partial charge in [0.2, 0.25) is 0 Å². The number of anilines is 1. The summed E-state index contributed by atoms with van der Waals surface area (Å²) in [5, 5.41) is 4.28. The van der Waals surface area contributed by atoms with Gasteiger partial charge in [0.1, 0.15) is 12.4 Å². The Morgan fingerprint density at radius 3 is 2.41 bits per heavy atom. The minimum Gasteiger partial charge on any atom is -0.488 e. The Bertz CT molecular complexity index is 1270. The lowest BCUT2D eigenvalue weighted by molar-refractivity contribution is 0.102. The highest BCUT2D eigenvalue weighted by Crippen LogP contribution is 2.33. The number of carbonyl (C=O) groups excluding carboxylic acids is 1. The smallest absolute Gasteiger partial charge is 0.258 e. The largest absolute Gasteiger partial charge is 0.488 e. The van der Waals surface area contributed by atoms with Gasteiger partial charge in [-0.2, -0.15) is 0 Å². The molecule has 1 amide bonds. The molecule has 0 bridgehead atoms. The van der Waals surface area contributed by atoms with Crippen LogP contribution in [0, 0.1) is 6.92 Å². The molecule has 1 N–H and O–H groups in total. The molecule has 1 heterocycles. The fraction of sp³-hybridized carbons (Fsp3) is 0.120. The second kappa shape index (κ2) is 9.82. The molecule has 7 heteroatoms. The monoisotopic (exact) mass is 482 g/mol. The number of benzene rings is 3. The van der Waals surface area contributed by atoms with Crippen LogP contribution in [-0.2, 0) is 6.61 Å². The first kappa shape index (κ1) is 22.5. The number of aromatic nitrogens is 1. The highest BCUT2D eigenvalue weighted by Gasteiger charge is 2.17. The standard InChI is InChI=1S/C25H20Cl2N2O2S/c1-15-13-28-23-18(24(15)31-14-16-9-11-17(32-2)12-10-16)5-3-8-21(23)29-25(30)22-19(26)6-4-7-20(22)27/h3-13H,14H2,1-2H3,(H,29,30). The molecular weight excluding hydrogens is 463 g/mol. The van der Waals surface area contributed by atoms with Gasteiger partial charge < -0.3 is 10.1 Å². The third kappa shape index (κ3) is 4.70. The van der Waals surface area contributed by atoms with E-state index in [9.17, 15) is 4.79 Å². The Morgan fingerprint density at radius 2 is 1.72 bits per heavy atom. The Morgan fingerprint density at radius 1 is 1.03 bits per heavy atom. The average Bonchev–Trinajstić information content (AvgIpc) is 2.79. The summed E-state index contributed by atoms with van der Waals surface area (Å²) in [6.07, 6.45) is 3.79. The maximum atomic E-state index is 12.9. The Kier molecular flexibility index (Phi) is 6.89. The predicted octanol–water partition coefficient (Wildman–Crippen LogP) is 7.40. The van der Waals surface area contributed by atoms with E-state index >= 15 is 0 Å². The summed E-state index contributed by atoms with van der Waals surface area (Å²) in [6.45, 7) is 2.38. The second-order valence-electron chi connectivity index (χ2n) is 7.16. The first-order valence-electron chi connectivity index (χ1n) is 9.87. The number of thioether (sulfide) groups is 1. The van der Waals surface area contributed by atoms with Crippen LogP contribution >= 0.6 is 35.0 Å². The van der Waals surface area contributed by atoms with E-state index in [1.54, 1.807) is 42.2 Å². The number of fused-ring (bicyclic) bond motifs is 1. The number of carbonyl (C=O) groups is 1. The summed E-state index contributed by atoms with van der Waals surface area (Å²) in [4.78, 5) is 18.6. The number of rotatable bonds is 6. The molecule has 0 saturated heterocycles. The Balaban J connectivity index is 1.64. The van der Waals surface area contributed by atoms with Crippen molar-refractivity contribution in [2.45, 2.75) is 18.4 Å². The zero-order valence-corrected chi connectivity index (χ0v) is 19.8. The van der Waals surface area contributed by atoms with E-state index in [0.717, 1.165) is 22.3 Å². The molecule has 0 saturated carbocycles. The fourth-order valence-corrected chi connectivity index (χ4v) is 4.34. The first-order chi connectivity index (χ1) is 15.5. The number of aryl methyl sites for hydroxylation is 1. The van der Waals surface area contributed by atoms with Gasteiger partial charge in [0.25, 0.3) is 5.91 Å². The van der Waals surface area contributed by atoms with Crippen LogP contribution in [0.15, 0.2) is 71.8 Å². The third-order valence-electron chi connectivity index (χ3n) is 5.01. The number of hydrogen-bond donors (Lipinski definition) is 1. The van der Waals surface area contributed by atoms with Crippen LogP contribution in [0.2, 0.25) is 10.0 Å². The molecule has 0 atom stereocenters. The molecule has 0 aliphatic rings. The molecule has 0 fully saturated rings. The molecule has 0 aliphatic heterocycles. The summed E-state index contributed by atoms with van der Waals surface area (Å²) in [6, 6.07) is 18.8. The van der Waals surface area contributed by atoms with E-state index in [-0.39, 0.29) is 15.6 Å². The lowest BCUT2D eigenvalue weighted by atomic mass is 10.1. The predicted molar refractivity (Wildman–Crippen MR) is 133 cm³/mol. The third-order valence-corrected chi connectivity index (χ3v) is 6.38. The summed E-state index contributed by atoms with van der Waals surface area (Å²) in [5.41, 5.74) is 3.39. The number of ether oxygens (including phenoxy) is 1. The molecule has 3 aromatic carbocycles. The molecule has 4 rings (SSSR count). The van der Waals surface area contributed by atoms with Gasteiger partial charge in [-0.3, -0.25) is 9.78 Å². The highest BCUT2D eigenvalue weighted by atomic mass is 35.5. The van der Waals surface area contributed by atoms with Crippen molar-refractivity contribution in [2.24, 2.45) is 0 Å². The van der Waals surface area contributed by atoms with Crippen molar-refractivity contribution in [3.05, 3.63) is 93.6 Å². The minimum atomic E-state index is -0.396. The SMILES string of the molecule is CSc1ccc(COc2c(C)cnc3c(NC(=O)c4c(Cl)cccc4Cl)cccc23)cc1. The lowest BCUT2D eigenvalue weighted by Crippen LogP contribution is -2.13. The summed E-state index contributed by atoms with van der Waals surface area (Å²) in [5.74, 6) is 0.336. The van der Waals surface area contributed by atoms with E-state index in [1.165, 1.54) is 4.90 Å². The molecule has 4 aromatic rings. The van der Waals surface area contributed by atoms with Crippen LogP contribution in [0.5, 0.6) is 5.75 Å². The van der Waals surface area contributed by atoms with Crippen LogP contribution in [0.3, 0.4) is 0 Å². The van der Waals surface area contributed by atoms with E-state index in [1.807, 2.05) is 25.3 Å². The normalized spacial score (nSPS) is 10.9. The number of halogens is 2. The van der Waals surface area contributed by atoms with Gasteiger partial charge in [-0.05, 0) is 55.1 Å². The zero-order chi connectivity index (χ0) is 22.7. The molecule has 0 radical (unpaired) electrons. The van der Waals surface area contributed by atoms with Crippen LogP contribution in [0.4, 0.5) is 5.69 Å². The van der Waals surface area contributed by atoms with Crippen LogP contribution < -0.4 is 10.1 Å². The minimum absolute atomic E-state index is 0.227. The number of hydrogen-bond acceptors (Lipinski definition) is 4. The highest BCUT2D eigenvalue weighted by molar-refractivity contribution is 7.98. The number of para-hydroxylation sites is 1. The van der Waals surface area contributed by atoms with Crippen molar-refractivity contribution >= 4 is 57.5 Å². The lowest BCUT2D eigenvalue weighted by Gasteiger charge is -2.15. The molecule has 4 nitrogen and oxygen atoms in total. The summed E-state index contributed by atoms with van der Waals surface area (Å²) >= 11 is 14.1. The quantitative estimate of drug-likeness (QED) is 0.290. The van der Waals surface area contributed by atoms with Crippen molar-refractivity contribution in [2.75, 3.05) is 11.6 Å². The van der Waals surface area contributed by atoms with Gasteiger partial charge in [0.05, 0.1) is 26.8 Å². The van der Waals surface area contributed by atoms with Crippen molar-refractivity contribution in [1.29, 1.82) is 0 Å². The topological polar surface area (TPSA) is 51.2 Å². The van der Waals surface area contributed by atoms with Gasteiger partial charge in [-0.1, -0.05) is 47.5 Å². The van der Waals surface area contributed by atoms with Crippen LogP contribution in [-0.4, -0.2) is 17.1 Å². The van der Waals surface area contributed by atoms with Crippen molar-refractivity contribution in [3.8, 4) is 5.75 Å². The van der Waals surface area contributed by atoms with E-state index in [0.29, 0.717) is 17.8 Å². The average molecular weight is 483 g/mol. The van der Waals surface area contributed by atoms with Gasteiger partial charge in [0, 0.05) is 22.0 Å². The Labute approximate surface area is 200 Å². The van der Waals surface area contributed by atoms with E-state index in [2.05, 4.69) is 34.6 Å². The van der Waals surface area contributed by atoms with Crippen LogP contribution in [0.1, 0.15) is 21.5 Å². The zero-order valence-electron chi connectivity index (χ0n) is 17.5. The van der Waals surface area contributed by atoms with Crippen molar-refractivity contribution in [3.63, 3.8) is 0 Å². The van der Waals surface area contributed by atoms with Crippen molar-refractivity contribution < 1.29 is 9.53 Å². The number of pyridine rings is 1. The fourth-order valence-electron chi connectivity index (χ4n) is 3.37. The molecule has 0 spiro atoms. The van der Waals surface area contributed by atoms with Crippen LogP contribution in [0.25, 0.3) is 10.9 Å². The van der Waals surface area contributed by atoms with E-state index < -0.39 is 5.91 Å². The molecule has 0 unspecified atom stereocenters. The number of nitrogens with one attached hydrogen (secondary N) is 1. The summed E-state index contributed by atoms with van der Waals surface area (Å²) in [7, 11) is 0. The molecular formula is C25H20Cl2N2O2S. The maximum Gasteiger partial charge on any atom is 0.258 e. The van der Waals surface area contributed by atoms with Gasteiger partial charge in [0.15, 0.2) is 0 Å². The van der Waals surface area contributed by atoms with E-state index in [4.69, 9.17) is 27.9 Å². The van der Waals surface area contributed by atoms with Crippen molar-refractivity contribution in [1.82, 2.24) is 4.98 Å². The Hall–Kier alpha value is -2.73. The second-order valence-corrected chi connectivity index (χ2v) is 8.85. The number of amides is 1. The summed E-state index contributed by atoms with van der Waals surface area (Å²) < 4.78 is 6.19. The molecule has 162 valence electrons. The molecule has 32 heavy (non-hydrogen) atoms. The maximum absolute atomic E-state index is 12.9. The van der Waals surface area contributed by atoms with Gasteiger partial charge in [-0.25, -0.2) is 0 Å². The van der Waals surface area contributed by atoms with Gasteiger partial charge >= 0.3 is 0 Å². The first-order valence-corrected chi connectivity index (χ1v) is 11.9. The molecule has 0 aliphatic carbocycles. The number of nitrogens with zero attached hydrogens (tertiary/aromatic N) is 1. The molecule has 1 aromatic heterocycles. The van der Waals surface area contributed by atoms with Gasteiger partial charge in [-0.15, -0.1) is 11.8 Å².